The highest BCUT2D eigenvalue weighted by atomic mass is 16.5. The van der Waals surface area contributed by atoms with Gasteiger partial charge in [-0.15, -0.1) is 0 Å². The molecule has 1 aliphatic heterocycles. The van der Waals surface area contributed by atoms with Crippen LogP contribution in [0.2, 0.25) is 0 Å². The van der Waals surface area contributed by atoms with Gasteiger partial charge in [0.05, 0.1) is 17.9 Å². The molecule has 0 spiro atoms. The van der Waals surface area contributed by atoms with Crippen molar-refractivity contribution in [1.82, 2.24) is 0 Å². The van der Waals surface area contributed by atoms with E-state index in [1.54, 1.807) is 19.2 Å². The first kappa shape index (κ1) is 8.90. The lowest BCUT2D eigenvalue weighted by atomic mass is 10.1. The monoisotopic (exact) mass is 191 g/mol. The van der Waals surface area contributed by atoms with Gasteiger partial charge in [-0.1, -0.05) is 12.1 Å². The molecule has 0 radical (unpaired) electrons. The lowest BCUT2D eigenvalue weighted by molar-refractivity contribution is -0.112. The third kappa shape index (κ3) is 1.20. The zero-order valence-electron chi connectivity index (χ0n) is 7.66. The second-order valence-electron chi connectivity index (χ2n) is 3.06. The zero-order valence-corrected chi connectivity index (χ0v) is 7.66. The first-order valence-electron chi connectivity index (χ1n) is 4.20. The molecular weight excluding hydrogens is 182 g/mol. The fourth-order valence-corrected chi connectivity index (χ4v) is 1.51. The Kier molecular flexibility index (Phi) is 2.05. The van der Waals surface area contributed by atoms with Gasteiger partial charge in [0.25, 0.3) is 11.7 Å². The first-order valence-corrected chi connectivity index (χ1v) is 4.20. The van der Waals surface area contributed by atoms with E-state index in [9.17, 15) is 9.59 Å². The molecule has 0 bridgehead atoms. The fourth-order valence-electron chi connectivity index (χ4n) is 1.51. The van der Waals surface area contributed by atoms with Crippen molar-refractivity contribution < 1.29 is 14.3 Å². The molecule has 1 aliphatic rings. The van der Waals surface area contributed by atoms with Gasteiger partial charge in [0.1, 0.15) is 0 Å². The van der Waals surface area contributed by atoms with E-state index in [-0.39, 0.29) is 0 Å². The van der Waals surface area contributed by atoms with Crippen LogP contribution in [-0.2, 0) is 16.1 Å². The molecule has 0 saturated carbocycles. The minimum atomic E-state index is -0.566. The number of carbonyl (C=O) groups excluding carboxylic acids is 2. The van der Waals surface area contributed by atoms with Crippen LogP contribution in [0.5, 0.6) is 0 Å². The molecular formula is C10H9NO3. The summed E-state index contributed by atoms with van der Waals surface area (Å²) in [4.78, 5) is 22.4. The Morgan fingerprint density at radius 1 is 1.36 bits per heavy atom. The zero-order chi connectivity index (χ0) is 10.1. The van der Waals surface area contributed by atoms with Crippen molar-refractivity contribution >= 4 is 17.4 Å². The molecule has 0 unspecified atom stereocenters. The molecule has 0 atom stereocenters. The number of para-hydroxylation sites is 1. The second-order valence-corrected chi connectivity index (χ2v) is 3.06. The van der Waals surface area contributed by atoms with Crippen LogP contribution in [0, 0.1) is 0 Å². The number of anilines is 1. The molecule has 14 heavy (non-hydrogen) atoms. The molecule has 2 rings (SSSR count). The molecule has 0 aliphatic carbocycles. The number of amides is 1. The van der Waals surface area contributed by atoms with Crippen LogP contribution in [0.25, 0.3) is 0 Å². The molecule has 4 heteroatoms. The number of ketones is 1. The minimum absolute atomic E-state index is 0.386. The van der Waals surface area contributed by atoms with E-state index in [4.69, 9.17) is 4.74 Å². The van der Waals surface area contributed by atoms with Gasteiger partial charge in [0, 0.05) is 12.7 Å². The maximum Gasteiger partial charge on any atom is 0.296 e. The molecule has 1 N–H and O–H groups in total. The number of ether oxygens (including phenoxy) is 1. The third-order valence-electron chi connectivity index (χ3n) is 2.14. The van der Waals surface area contributed by atoms with E-state index >= 15 is 0 Å². The van der Waals surface area contributed by atoms with Crippen molar-refractivity contribution in [3.8, 4) is 0 Å². The van der Waals surface area contributed by atoms with Crippen LogP contribution in [0.3, 0.4) is 0 Å². The highest BCUT2D eigenvalue weighted by molar-refractivity contribution is 6.51. The standard InChI is InChI=1S/C10H9NO3/c1-14-5-6-3-2-4-7-8(6)11-10(13)9(7)12/h2-4H,5H2,1H3,(H,11,12,13). The Hall–Kier alpha value is -1.68. The van der Waals surface area contributed by atoms with Crippen molar-refractivity contribution in [2.24, 2.45) is 0 Å². The number of rotatable bonds is 2. The summed E-state index contributed by atoms with van der Waals surface area (Å²) < 4.78 is 4.96. The molecule has 1 aromatic carbocycles. The molecule has 1 amide bonds. The predicted octanol–water partition coefficient (Wildman–Crippen LogP) is 0.968. The average molecular weight is 191 g/mol. The predicted molar refractivity (Wildman–Crippen MR) is 50.1 cm³/mol. The van der Waals surface area contributed by atoms with Crippen LogP contribution in [0.4, 0.5) is 5.69 Å². The minimum Gasteiger partial charge on any atom is -0.380 e. The van der Waals surface area contributed by atoms with E-state index in [1.165, 1.54) is 0 Å². The summed E-state index contributed by atoms with van der Waals surface area (Å²) in [5, 5.41) is 2.53. The summed E-state index contributed by atoms with van der Waals surface area (Å²) in [7, 11) is 1.57. The van der Waals surface area contributed by atoms with Gasteiger partial charge < -0.3 is 10.1 Å². The van der Waals surface area contributed by atoms with Gasteiger partial charge in [-0.05, 0) is 6.07 Å². The third-order valence-corrected chi connectivity index (χ3v) is 2.14. The quantitative estimate of drug-likeness (QED) is 0.708. The molecule has 4 nitrogen and oxygen atoms in total. The van der Waals surface area contributed by atoms with Gasteiger partial charge in [-0.2, -0.15) is 0 Å². The van der Waals surface area contributed by atoms with Crippen LogP contribution in [-0.4, -0.2) is 18.8 Å². The number of carbonyl (C=O) groups is 2. The van der Waals surface area contributed by atoms with Gasteiger partial charge in [0.15, 0.2) is 0 Å². The topological polar surface area (TPSA) is 55.4 Å². The normalized spacial score (nSPS) is 14.1. The maximum absolute atomic E-state index is 11.3. The van der Waals surface area contributed by atoms with Gasteiger partial charge in [-0.3, -0.25) is 9.59 Å². The van der Waals surface area contributed by atoms with Crippen LogP contribution in [0.1, 0.15) is 15.9 Å². The number of Topliss-reactive ketones (excluding diaryl/α,β-unsaturated/α-hetero) is 1. The summed E-state index contributed by atoms with van der Waals surface area (Å²) in [5.41, 5.74) is 1.85. The molecule has 72 valence electrons. The Balaban J connectivity index is 2.50. The molecule has 0 fully saturated rings. The van der Waals surface area contributed by atoms with Crippen molar-refractivity contribution in [3.63, 3.8) is 0 Å². The van der Waals surface area contributed by atoms with Crippen LogP contribution in [0.15, 0.2) is 18.2 Å². The van der Waals surface area contributed by atoms with Crippen molar-refractivity contribution in [1.29, 1.82) is 0 Å². The Morgan fingerprint density at radius 2 is 2.14 bits per heavy atom. The highest BCUT2D eigenvalue weighted by Gasteiger charge is 2.29. The summed E-state index contributed by atoms with van der Waals surface area (Å²) >= 11 is 0. The number of methoxy groups -OCH3 is 1. The summed E-state index contributed by atoms with van der Waals surface area (Å²) in [5.74, 6) is -1.04. The average Bonchev–Trinajstić information content (AvgIpc) is 2.46. The molecule has 0 aromatic heterocycles. The molecule has 0 saturated heterocycles. The second kappa shape index (κ2) is 3.23. The molecule has 1 heterocycles. The van der Waals surface area contributed by atoms with E-state index in [1.807, 2.05) is 6.07 Å². The summed E-state index contributed by atoms with van der Waals surface area (Å²) in [6, 6.07) is 5.20. The smallest absolute Gasteiger partial charge is 0.296 e. The van der Waals surface area contributed by atoms with Gasteiger partial charge in [-0.25, -0.2) is 0 Å². The fraction of sp³-hybridized carbons (Fsp3) is 0.200. The van der Waals surface area contributed by atoms with Crippen molar-refractivity contribution in [3.05, 3.63) is 29.3 Å². The highest BCUT2D eigenvalue weighted by Crippen LogP contribution is 2.27. The largest absolute Gasteiger partial charge is 0.380 e. The number of hydrogen-bond acceptors (Lipinski definition) is 3. The molecule has 1 aromatic rings. The number of hydrogen-bond donors (Lipinski definition) is 1. The van der Waals surface area contributed by atoms with Crippen molar-refractivity contribution in [2.75, 3.05) is 12.4 Å². The summed E-state index contributed by atoms with van der Waals surface area (Å²) in [6.45, 7) is 0.386. The number of nitrogens with one attached hydrogen (secondary N) is 1. The lowest BCUT2D eigenvalue weighted by Crippen LogP contribution is -2.12. The van der Waals surface area contributed by atoms with E-state index in [0.717, 1.165) is 5.56 Å². The Labute approximate surface area is 80.9 Å². The number of benzene rings is 1. The van der Waals surface area contributed by atoms with E-state index in [2.05, 4.69) is 5.32 Å². The lowest BCUT2D eigenvalue weighted by Gasteiger charge is -2.05. The SMILES string of the molecule is COCc1cccc2c1NC(=O)C2=O. The van der Waals surface area contributed by atoms with Gasteiger partial charge in [0.2, 0.25) is 0 Å². The van der Waals surface area contributed by atoms with Gasteiger partial charge >= 0.3 is 0 Å². The Bertz CT molecular complexity index is 412. The van der Waals surface area contributed by atoms with E-state index < -0.39 is 11.7 Å². The number of fused-ring (bicyclic) bond motifs is 1. The first-order chi connectivity index (χ1) is 6.74. The maximum atomic E-state index is 11.3. The van der Waals surface area contributed by atoms with Crippen LogP contribution < -0.4 is 5.32 Å². The Morgan fingerprint density at radius 3 is 2.86 bits per heavy atom. The van der Waals surface area contributed by atoms with Crippen molar-refractivity contribution in [2.45, 2.75) is 6.61 Å². The summed E-state index contributed by atoms with van der Waals surface area (Å²) in [6.07, 6.45) is 0. The van der Waals surface area contributed by atoms with Crippen LogP contribution >= 0.6 is 0 Å². The van der Waals surface area contributed by atoms with E-state index in [0.29, 0.717) is 17.9 Å².